The van der Waals surface area contributed by atoms with E-state index >= 15 is 0 Å². The molecule has 0 saturated carbocycles. The second-order valence-corrected chi connectivity index (χ2v) is 6.68. The van der Waals surface area contributed by atoms with Crippen molar-refractivity contribution in [1.82, 2.24) is 10.6 Å². The van der Waals surface area contributed by atoms with E-state index in [0.717, 1.165) is 0 Å². The molecule has 0 fully saturated rings. The van der Waals surface area contributed by atoms with Crippen LogP contribution < -0.4 is 10.6 Å². The average molecular weight is 335 g/mol. The molecule has 25 heavy (non-hydrogen) atoms. The smallest absolute Gasteiger partial charge is 0.252 e. The van der Waals surface area contributed by atoms with Gasteiger partial charge in [-0.05, 0) is 38.5 Å². The Bertz CT molecular complexity index is 829. The number of nitrogens with zero attached hydrogens (tertiary/aromatic N) is 1. The largest absolute Gasteiger partial charge is 0.350 e. The number of carbonyl (C=O) groups is 2. The van der Waals surface area contributed by atoms with E-state index in [9.17, 15) is 14.9 Å². The van der Waals surface area contributed by atoms with Crippen molar-refractivity contribution in [1.29, 1.82) is 5.26 Å². The third-order valence-corrected chi connectivity index (χ3v) is 3.43. The van der Waals surface area contributed by atoms with E-state index in [2.05, 4.69) is 16.7 Å². The summed E-state index contributed by atoms with van der Waals surface area (Å²) in [5, 5.41) is 14.7. The number of benzene rings is 2. The normalized spacial score (nSPS) is 10.6. The summed E-state index contributed by atoms with van der Waals surface area (Å²) in [6.45, 7) is 5.52. The van der Waals surface area contributed by atoms with Crippen molar-refractivity contribution in [2.24, 2.45) is 0 Å². The first-order chi connectivity index (χ1) is 11.8. The van der Waals surface area contributed by atoms with Gasteiger partial charge < -0.3 is 10.6 Å². The van der Waals surface area contributed by atoms with Crippen LogP contribution in [-0.2, 0) is 4.79 Å². The predicted molar refractivity (Wildman–Crippen MR) is 96.8 cm³/mol. The number of hydrogen-bond donors (Lipinski definition) is 2. The van der Waals surface area contributed by atoms with Crippen LogP contribution in [0.15, 0.2) is 48.5 Å². The van der Waals surface area contributed by atoms with Gasteiger partial charge in [-0.25, -0.2) is 0 Å². The van der Waals surface area contributed by atoms with Crippen LogP contribution in [0.4, 0.5) is 0 Å². The number of nitrogens with one attached hydrogen (secondary N) is 2. The topological polar surface area (TPSA) is 82.0 Å². The highest BCUT2D eigenvalue weighted by molar-refractivity contribution is 6.02. The summed E-state index contributed by atoms with van der Waals surface area (Å²) >= 11 is 0. The lowest BCUT2D eigenvalue weighted by atomic mass is 9.95. The number of hydrogen-bond acceptors (Lipinski definition) is 3. The minimum atomic E-state index is -0.356. The Morgan fingerprint density at radius 3 is 2.24 bits per heavy atom. The highest BCUT2D eigenvalue weighted by Crippen LogP contribution is 2.26. The number of nitriles is 1. The third kappa shape index (κ3) is 4.92. The molecule has 0 spiro atoms. The maximum atomic E-state index is 12.5. The van der Waals surface area contributed by atoms with Crippen molar-refractivity contribution >= 4 is 11.8 Å². The van der Waals surface area contributed by atoms with Crippen LogP contribution in [0, 0.1) is 11.3 Å². The summed E-state index contributed by atoms with van der Waals surface area (Å²) in [7, 11) is 0. The second kappa shape index (κ2) is 7.63. The van der Waals surface area contributed by atoms with Gasteiger partial charge in [-0.15, -0.1) is 0 Å². The van der Waals surface area contributed by atoms with E-state index in [-0.39, 0.29) is 23.9 Å². The molecule has 2 rings (SSSR count). The van der Waals surface area contributed by atoms with Crippen molar-refractivity contribution in [3.05, 3.63) is 59.7 Å². The van der Waals surface area contributed by atoms with Gasteiger partial charge in [-0.3, -0.25) is 9.59 Å². The van der Waals surface area contributed by atoms with Gasteiger partial charge in [0, 0.05) is 16.7 Å². The Morgan fingerprint density at radius 2 is 1.60 bits per heavy atom. The molecule has 2 aromatic rings. The molecule has 0 saturated heterocycles. The van der Waals surface area contributed by atoms with Crippen LogP contribution in [-0.4, -0.2) is 23.9 Å². The molecule has 0 aliphatic carbocycles. The number of carbonyl (C=O) groups excluding carboxylic acids is 2. The van der Waals surface area contributed by atoms with Gasteiger partial charge in [-0.1, -0.05) is 36.4 Å². The Hall–Kier alpha value is -3.13. The zero-order valence-corrected chi connectivity index (χ0v) is 14.6. The average Bonchev–Trinajstić information content (AvgIpc) is 2.58. The monoisotopic (exact) mass is 335 g/mol. The zero-order chi connectivity index (χ0) is 18.4. The third-order valence-electron chi connectivity index (χ3n) is 3.43. The van der Waals surface area contributed by atoms with E-state index < -0.39 is 0 Å². The molecule has 128 valence electrons. The zero-order valence-electron chi connectivity index (χ0n) is 14.6. The molecule has 5 nitrogen and oxygen atoms in total. The Labute approximate surface area is 147 Å². The summed E-state index contributed by atoms with van der Waals surface area (Å²) in [6.07, 6.45) is 0. The molecule has 0 aliphatic rings. The summed E-state index contributed by atoms with van der Waals surface area (Å²) in [6, 6.07) is 16.3. The molecule has 0 heterocycles. The van der Waals surface area contributed by atoms with E-state index in [1.54, 1.807) is 36.4 Å². The minimum absolute atomic E-state index is 0.107. The van der Waals surface area contributed by atoms with Crippen molar-refractivity contribution in [3.8, 4) is 17.2 Å². The highest BCUT2D eigenvalue weighted by atomic mass is 16.2. The molecule has 2 amide bonds. The van der Waals surface area contributed by atoms with Crippen LogP contribution in [0.2, 0.25) is 0 Å². The Morgan fingerprint density at radius 1 is 1.00 bits per heavy atom. The van der Waals surface area contributed by atoms with Crippen molar-refractivity contribution < 1.29 is 9.59 Å². The molecule has 0 atom stereocenters. The fourth-order valence-corrected chi connectivity index (χ4v) is 2.45. The first kappa shape index (κ1) is 18.2. The molecular formula is C20H21N3O2. The fourth-order valence-electron chi connectivity index (χ4n) is 2.45. The van der Waals surface area contributed by atoms with Crippen molar-refractivity contribution in [2.45, 2.75) is 26.3 Å². The molecule has 0 bridgehead atoms. The highest BCUT2D eigenvalue weighted by Gasteiger charge is 2.17. The van der Waals surface area contributed by atoms with Crippen LogP contribution in [0.25, 0.3) is 11.1 Å². The van der Waals surface area contributed by atoms with Crippen LogP contribution in [0.1, 0.15) is 36.7 Å². The molecule has 5 heteroatoms. The first-order valence-corrected chi connectivity index (χ1v) is 7.99. The van der Waals surface area contributed by atoms with E-state index in [1.807, 2.05) is 32.9 Å². The van der Waals surface area contributed by atoms with Crippen LogP contribution in [0.5, 0.6) is 0 Å². The van der Waals surface area contributed by atoms with Gasteiger partial charge in [0.05, 0.1) is 18.2 Å². The molecule has 0 unspecified atom stereocenters. The SMILES string of the molecule is CC(C)(C)NC(=O)CNC(=O)c1ccccc1-c1ccccc1C#N. The lowest BCUT2D eigenvalue weighted by Crippen LogP contribution is -2.45. The lowest BCUT2D eigenvalue weighted by Gasteiger charge is -2.20. The van der Waals surface area contributed by atoms with Crippen LogP contribution in [0.3, 0.4) is 0 Å². The van der Waals surface area contributed by atoms with Crippen molar-refractivity contribution in [3.63, 3.8) is 0 Å². The maximum Gasteiger partial charge on any atom is 0.252 e. The Balaban J connectivity index is 2.22. The van der Waals surface area contributed by atoms with Gasteiger partial charge in [-0.2, -0.15) is 5.26 Å². The fraction of sp³-hybridized carbons (Fsp3) is 0.250. The van der Waals surface area contributed by atoms with E-state index in [4.69, 9.17) is 0 Å². The lowest BCUT2D eigenvalue weighted by molar-refractivity contribution is -0.121. The second-order valence-electron chi connectivity index (χ2n) is 6.68. The van der Waals surface area contributed by atoms with Gasteiger partial charge in [0.25, 0.3) is 5.91 Å². The Kier molecular flexibility index (Phi) is 5.56. The number of amides is 2. The van der Waals surface area contributed by atoms with E-state index in [0.29, 0.717) is 22.3 Å². The first-order valence-electron chi connectivity index (χ1n) is 7.99. The molecule has 0 aromatic heterocycles. The summed E-state index contributed by atoms with van der Waals surface area (Å²) < 4.78 is 0. The molecule has 2 aromatic carbocycles. The standard InChI is InChI=1S/C20H21N3O2/c1-20(2,3)23-18(24)13-22-19(25)17-11-7-6-10-16(17)15-9-5-4-8-14(15)12-21/h4-11H,13H2,1-3H3,(H,22,25)(H,23,24). The predicted octanol–water partition coefficient (Wildman–Crippen LogP) is 2.87. The summed E-state index contributed by atoms with van der Waals surface area (Å²) in [5.74, 6) is -0.608. The molecular weight excluding hydrogens is 314 g/mol. The summed E-state index contributed by atoms with van der Waals surface area (Å²) in [4.78, 5) is 24.4. The quantitative estimate of drug-likeness (QED) is 0.901. The molecule has 0 radical (unpaired) electrons. The molecule has 2 N–H and O–H groups in total. The minimum Gasteiger partial charge on any atom is -0.350 e. The van der Waals surface area contributed by atoms with Gasteiger partial charge in [0.1, 0.15) is 0 Å². The van der Waals surface area contributed by atoms with Crippen molar-refractivity contribution in [2.75, 3.05) is 6.54 Å². The van der Waals surface area contributed by atoms with E-state index in [1.165, 1.54) is 0 Å². The van der Waals surface area contributed by atoms with Gasteiger partial charge >= 0.3 is 0 Å². The van der Waals surface area contributed by atoms with Gasteiger partial charge in [0.15, 0.2) is 0 Å². The van der Waals surface area contributed by atoms with Gasteiger partial charge in [0.2, 0.25) is 5.91 Å². The molecule has 0 aliphatic heterocycles. The number of rotatable bonds is 4. The summed E-state index contributed by atoms with van der Waals surface area (Å²) in [5.41, 5.74) is 1.91. The maximum absolute atomic E-state index is 12.5. The van der Waals surface area contributed by atoms with Crippen LogP contribution >= 0.6 is 0 Å².